The third kappa shape index (κ3) is 3.82. The van der Waals surface area contributed by atoms with Gasteiger partial charge in [0.1, 0.15) is 5.82 Å². The van der Waals surface area contributed by atoms with Crippen LogP contribution in [0.25, 0.3) is 0 Å². The molecule has 0 amide bonds. The molecule has 0 saturated heterocycles. The van der Waals surface area contributed by atoms with Gasteiger partial charge >= 0.3 is 0 Å². The molecule has 2 aromatic carbocycles. The molecule has 0 heterocycles. The van der Waals surface area contributed by atoms with Gasteiger partial charge in [0.05, 0.1) is 11.1 Å². The van der Waals surface area contributed by atoms with Crippen LogP contribution >= 0.6 is 11.6 Å². The number of hydrazine groups is 1. The second-order valence-electron chi connectivity index (χ2n) is 5.59. The van der Waals surface area contributed by atoms with Crippen molar-refractivity contribution in [3.05, 3.63) is 70.0 Å². The van der Waals surface area contributed by atoms with Gasteiger partial charge in [0.15, 0.2) is 0 Å². The highest BCUT2D eigenvalue weighted by molar-refractivity contribution is 6.30. The van der Waals surface area contributed by atoms with E-state index in [0.29, 0.717) is 11.5 Å². The quantitative estimate of drug-likeness (QED) is 0.641. The van der Waals surface area contributed by atoms with E-state index in [2.05, 4.69) is 31.4 Å². The molecule has 0 spiro atoms. The molecule has 2 rings (SSSR count). The van der Waals surface area contributed by atoms with Gasteiger partial charge in [-0.2, -0.15) is 0 Å². The van der Waals surface area contributed by atoms with Crippen LogP contribution in [-0.2, 0) is 6.42 Å². The van der Waals surface area contributed by atoms with Gasteiger partial charge in [-0.3, -0.25) is 5.84 Å². The maximum Gasteiger partial charge on any atom is 0.146 e. The molecule has 2 nitrogen and oxygen atoms in total. The number of benzene rings is 2. The van der Waals surface area contributed by atoms with E-state index >= 15 is 0 Å². The fourth-order valence-corrected chi connectivity index (χ4v) is 2.66. The molecule has 112 valence electrons. The van der Waals surface area contributed by atoms with E-state index in [1.807, 2.05) is 12.1 Å². The first-order chi connectivity index (χ1) is 10.0. The minimum Gasteiger partial charge on any atom is -0.271 e. The highest BCUT2D eigenvalue weighted by Crippen LogP contribution is 2.28. The average Bonchev–Trinajstić information content (AvgIpc) is 2.44. The normalized spacial score (nSPS) is 12.7. The van der Waals surface area contributed by atoms with E-state index in [1.54, 1.807) is 12.1 Å². The monoisotopic (exact) mass is 306 g/mol. The fraction of sp³-hybridized carbons (Fsp3) is 0.294. The van der Waals surface area contributed by atoms with Crippen molar-refractivity contribution >= 4 is 11.6 Å². The Hall–Kier alpha value is -1.42. The lowest BCUT2D eigenvalue weighted by atomic mass is 9.94. The van der Waals surface area contributed by atoms with E-state index in [4.69, 9.17) is 17.4 Å². The molecule has 0 fully saturated rings. The SMILES string of the molecule is CC(C)Cc1cccc(C(NN)c2cccc(Cl)c2F)c1. The van der Waals surface area contributed by atoms with E-state index in [-0.39, 0.29) is 5.02 Å². The van der Waals surface area contributed by atoms with Gasteiger partial charge in [-0.05, 0) is 29.5 Å². The van der Waals surface area contributed by atoms with Crippen LogP contribution in [0.15, 0.2) is 42.5 Å². The van der Waals surface area contributed by atoms with Gasteiger partial charge in [0.25, 0.3) is 0 Å². The van der Waals surface area contributed by atoms with Crippen molar-refractivity contribution in [1.82, 2.24) is 5.43 Å². The van der Waals surface area contributed by atoms with Gasteiger partial charge in [0, 0.05) is 5.56 Å². The molecular weight excluding hydrogens is 287 g/mol. The first-order valence-electron chi connectivity index (χ1n) is 7.01. The Labute approximate surface area is 130 Å². The van der Waals surface area contributed by atoms with Crippen LogP contribution in [-0.4, -0.2) is 0 Å². The predicted octanol–water partition coefficient (Wildman–Crippen LogP) is 4.23. The van der Waals surface area contributed by atoms with Gasteiger partial charge in [0.2, 0.25) is 0 Å². The van der Waals surface area contributed by atoms with E-state index in [0.717, 1.165) is 12.0 Å². The van der Waals surface area contributed by atoms with E-state index in [1.165, 1.54) is 11.6 Å². The van der Waals surface area contributed by atoms with Gasteiger partial charge in [-0.25, -0.2) is 9.82 Å². The highest BCUT2D eigenvalue weighted by Gasteiger charge is 2.18. The summed E-state index contributed by atoms with van der Waals surface area (Å²) in [5.41, 5.74) is 5.28. The number of hydrogen-bond acceptors (Lipinski definition) is 2. The van der Waals surface area contributed by atoms with Gasteiger partial charge < -0.3 is 0 Å². The summed E-state index contributed by atoms with van der Waals surface area (Å²) in [5, 5.41) is 0.103. The molecule has 1 atom stereocenters. The lowest BCUT2D eigenvalue weighted by Crippen LogP contribution is -2.29. The Morgan fingerprint density at radius 2 is 1.90 bits per heavy atom. The first-order valence-corrected chi connectivity index (χ1v) is 7.39. The van der Waals surface area contributed by atoms with Crippen molar-refractivity contribution in [1.29, 1.82) is 0 Å². The van der Waals surface area contributed by atoms with Crippen molar-refractivity contribution in [3.63, 3.8) is 0 Å². The minimum atomic E-state index is -0.434. The van der Waals surface area contributed by atoms with Crippen LogP contribution in [0.4, 0.5) is 4.39 Å². The van der Waals surface area contributed by atoms with Crippen molar-refractivity contribution < 1.29 is 4.39 Å². The van der Waals surface area contributed by atoms with Crippen molar-refractivity contribution in [3.8, 4) is 0 Å². The largest absolute Gasteiger partial charge is 0.271 e. The molecule has 1 unspecified atom stereocenters. The third-order valence-electron chi connectivity index (χ3n) is 3.39. The summed E-state index contributed by atoms with van der Waals surface area (Å²) in [5.74, 6) is 5.78. The molecule has 0 bridgehead atoms. The first kappa shape index (κ1) is 16.0. The maximum atomic E-state index is 14.2. The Morgan fingerprint density at radius 1 is 1.19 bits per heavy atom. The molecule has 0 aliphatic carbocycles. The molecule has 0 saturated carbocycles. The van der Waals surface area contributed by atoms with Gasteiger partial charge in [-0.15, -0.1) is 0 Å². The van der Waals surface area contributed by atoms with Gasteiger partial charge in [-0.1, -0.05) is 61.8 Å². The number of nitrogens with one attached hydrogen (secondary N) is 1. The summed E-state index contributed by atoms with van der Waals surface area (Å²) in [6.45, 7) is 4.34. The number of nitrogens with two attached hydrogens (primary N) is 1. The summed E-state index contributed by atoms with van der Waals surface area (Å²) in [6.07, 6.45) is 0.975. The lowest BCUT2D eigenvalue weighted by Gasteiger charge is -2.19. The highest BCUT2D eigenvalue weighted by atomic mass is 35.5. The van der Waals surface area contributed by atoms with Crippen molar-refractivity contribution in [2.45, 2.75) is 26.3 Å². The molecule has 0 aliphatic rings. The number of rotatable bonds is 5. The molecule has 2 aromatic rings. The molecule has 0 aromatic heterocycles. The standard InChI is InChI=1S/C17H20ClFN2/c1-11(2)9-12-5-3-6-13(10-12)17(21-20)14-7-4-8-15(18)16(14)19/h3-8,10-11,17,21H,9,20H2,1-2H3. The molecule has 21 heavy (non-hydrogen) atoms. The van der Waals surface area contributed by atoms with Crippen LogP contribution in [0.5, 0.6) is 0 Å². The average molecular weight is 307 g/mol. The van der Waals surface area contributed by atoms with Crippen LogP contribution in [0.2, 0.25) is 5.02 Å². The zero-order chi connectivity index (χ0) is 15.4. The topological polar surface area (TPSA) is 38.0 Å². The zero-order valence-corrected chi connectivity index (χ0v) is 13.0. The molecular formula is C17H20ClFN2. The Morgan fingerprint density at radius 3 is 2.57 bits per heavy atom. The van der Waals surface area contributed by atoms with Crippen molar-refractivity contribution in [2.75, 3.05) is 0 Å². The van der Waals surface area contributed by atoms with Crippen LogP contribution in [0.3, 0.4) is 0 Å². The zero-order valence-electron chi connectivity index (χ0n) is 12.2. The second kappa shape index (κ2) is 7.03. The number of hydrogen-bond donors (Lipinski definition) is 2. The van der Waals surface area contributed by atoms with Crippen LogP contribution in [0, 0.1) is 11.7 Å². The summed E-state index contributed by atoms with van der Waals surface area (Å²) in [7, 11) is 0. The lowest BCUT2D eigenvalue weighted by molar-refractivity contribution is 0.559. The molecule has 0 radical (unpaired) electrons. The fourth-order valence-electron chi connectivity index (χ4n) is 2.48. The second-order valence-corrected chi connectivity index (χ2v) is 5.99. The number of halogens is 2. The Kier molecular flexibility index (Phi) is 5.34. The third-order valence-corrected chi connectivity index (χ3v) is 3.68. The smallest absolute Gasteiger partial charge is 0.146 e. The maximum absolute atomic E-state index is 14.2. The molecule has 4 heteroatoms. The summed E-state index contributed by atoms with van der Waals surface area (Å²) in [4.78, 5) is 0. The molecule has 3 N–H and O–H groups in total. The Bertz CT molecular complexity index is 613. The minimum absolute atomic E-state index is 0.103. The molecule has 0 aliphatic heterocycles. The van der Waals surface area contributed by atoms with E-state index in [9.17, 15) is 4.39 Å². The predicted molar refractivity (Wildman–Crippen MR) is 85.6 cm³/mol. The summed E-state index contributed by atoms with van der Waals surface area (Å²) >= 11 is 5.86. The van der Waals surface area contributed by atoms with E-state index < -0.39 is 11.9 Å². The van der Waals surface area contributed by atoms with Crippen LogP contribution in [0.1, 0.15) is 36.6 Å². The van der Waals surface area contributed by atoms with Crippen molar-refractivity contribution in [2.24, 2.45) is 11.8 Å². The Balaban J connectivity index is 2.39. The van der Waals surface area contributed by atoms with Crippen LogP contribution < -0.4 is 11.3 Å². The summed E-state index contributed by atoms with van der Waals surface area (Å²) in [6, 6.07) is 12.6. The summed E-state index contributed by atoms with van der Waals surface area (Å²) < 4.78 is 14.2.